The summed E-state index contributed by atoms with van der Waals surface area (Å²) in [6.07, 6.45) is 2.59. The van der Waals surface area contributed by atoms with Crippen LogP contribution in [0.1, 0.15) is 18.4 Å². The van der Waals surface area contributed by atoms with Gasteiger partial charge in [-0.05, 0) is 24.3 Å². The number of likely N-dealkylation sites (tertiary alicyclic amines) is 1. The van der Waals surface area contributed by atoms with Crippen molar-refractivity contribution in [3.8, 4) is 0 Å². The van der Waals surface area contributed by atoms with Gasteiger partial charge in [0.05, 0.1) is 45.3 Å². The van der Waals surface area contributed by atoms with E-state index in [0.717, 1.165) is 31.2 Å². The number of piperidine rings is 1. The smallest absolute Gasteiger partial charge is 0.123 e. The molecule has 138 valence electrons. The van der Waals surface area contributed by atoms with Crippen LogP contribution in [0.5, 0.6) is 0 Å². The van der Waals surface area contributed by atoms with E-state index in [-0.39, 0.29) is 5.82 Å². The van der Waals surface area contributed by atoms with Crippen molar-refractivity contribution < 1.29 is 14.2 Å². The lowest BCUT2D eigenvalue weighted by Gasteiger charge is -2.39. The van der Waals surface area contributed by atoms with Gasteiger partial charge in [-0.2, -0.15) is 0 Å². The van der Waals surface area contributed by atoms with Crippen molar-refractivity contribution in [3.05, 3.63) is 66.0 Å². The minimum atomic E-state index is -0.113. The maximum atomic E-state index is 13.4. The van der Waals surface area contributed by atoms with Crippen LogP contribution < -0.4 is 14.7 Å². The Labute approximate surface area is 156 Å². The molecule has 0 radical (unpaired) electrons. The van der Waals surface area contributed by atoms with Gasteiger partial charge in [-0.1, -0.05) is 30.3 Å². The van der Waals surface area contributed by atoms with E-state index >= 15 is 0 Å². The van der Waals surface area contributed by atoms with E-state index in [0.29, 0.717) is 0 Å². The fourth-order valence-corrected chi connectivity index (χ4v) is 4.65. The van der Waals surface area contributed by atoms with Gasteiger partial charge in [0.15, 0.2) is 0 Å². The summed E-state index contributed by atoms with van der Waals surface area (Å²) in [6.45, 7) is 8.21. The number of benzene rings is 2. The number of hydrogen-bond acceptors (Lipinski definition) is 1. The third-order valence-corrected chi connectivity index (χ3v) is 6.14. The van der Waals surface area contributed by atoms with Crippen molar-refractivity contribution in [3.63, 3.8) is 0 Å². The highest BCUT2D eigenvalue weighted by atomic mass is 19.1. The summed E-state index contributed by atoms with van der Waals surface area (Å²) in [5, 5.41) is 0. The number of piperazine rings is 1. The molecule has 4 rings (SSSR count). The summed E-state index contributed by atoms with van der Waals surface area (Å²) in [5.74, 6) is -0.113. The summed E-state index contributed by atoms with van der Waals surface area (Å²) >= 11 is 0. The van der Waals surface area contributed by atoms with Crippen LogP contribution in [0.15, 0.2) is 54.6 Å². The molecule has 0 aromatic heterocycles. The van der Waals surface area contributed by atoms with Crippen LogP contribution in [0.25, 0.3) is 0 Å². The average molecular weight is 356 g/mol. The molecule has 26 heavy (non-hydrogen) atoms. The van der Waals surface area contributed by atoms with Crippen molar-refractivity contribution in [2.75, 3.05) is 44.2 Å². The highest BCUT2D eigenvalue weighted by Gasteiger charge is 2.32. The molecule has 2 saturated heterocycles. The van der Waals surface area contributed by atoms with E-state index in [1.54, 1.807) is 15.9 Å². The minimum absolute atomic E-state index is 0.113. The third-order valence-electron chi connectivity index (χ3n) is 6.14. The second-order valence-electron chi connectivity index (χ2n) is 7.81. The number of nitrogens with one attached hydrogen (secondary N) is 2. The zero-order valence-electron chi connectivity index (χ0n) is 15.5. The fourth-order valence-electron chi connectivity index (χ4n) is 4.65. The van der Waals surface area contributed by atoms with Crippen LogP contribution in [-0.2, 0) is 6.54 Å². The lowest BCUT2D eigenvalue weighted by molar-refractivity contribution is -0.963. The maximum Gasteiger partial charge on any atom is 0.123 e. The Kier molecular flexibility index (Phi) is 5.51. The maximum absolute atomic E-state index is 13.4. The lowest BCUT2D eigenvalue weighted by atomic mass is 10.0. The van der Waals surface area contributed by atoms with Crippen molar-refractivity contribution in [2.45, 2.75) is 25.4 Å². The highest BCUT2D eigenvalue weighted by molar-refractivity contribution is 5.46. The number of quaternary nitrogens is 2. The molecule has 0 saturated carbocycles. The molecule has 0 unspecified atom stereocenters. The van der Waals surface area contributed by atoms with Crippen molar-refractivity contribution in [2.24, 2.45) is 0 Å². The first-order chi connectivity index (χ1) is 12.8. The van der Waals surface area contributed by atoms with Crippen molar-refractivity contribution >= 4 is 5.69 Å². The first kappa shape index (κ1) is 17.5. The summed E-state index contributed by atoms with van der Waals surface area (Å²) < 4.78 is 13.4. The van der Waals surface area contributed by atoms with E-state index in [1.165, 1.54) is 50.8 Å². The van der Waals surface area contributed by atoms with Gasteiger partial charge in [-0.25, -0.2) is 4.39 Å². The molecular formula is C22H30FN3+2. The molecule has 2 fully saturated rings. The average Bonchev–Trinajstić information content (AvgIpc) is 2.70. The molecule has 2 N–H and O–H groups in total. The Morgan fingerprint density at radius 2 is 1.62 bits per heavy atom. The third kappa shape index (κ3) is 4.25. The van der Waals surface area contributed by atoms with Gasteiger partial charge >= 0.3 is 0 Å². The van der Waals surface area contributed by atoms with E-state index in [4.69, 9.17) is 0 Å². The Hall–Kier alpha value is -1.91. The topological polar surface area (TPSA) is 12.1 Å². The lowest BCUT2D eigenvalue weighted by Crippen LogP contribution is -3.21. The van der Waals surface area contributed by atoms with Gasteiger partial charge < -0.3 is 14.7 Å². The minimum Gasteiger partial charge on any atom is -0.360 e. The standard InChI is InChI=1S/C22H28FN3/c23-20-6-4-5-19(17-20)18-24-11-9-22(10-12-24)26-15-13-25(14-16-26)21-7-2-1-3-8-21/h1-8,17,22H,9-16,18H2/p+2. The molecule has 2 heterocycles. The largest absolute Gasteiger partial charge is 0.360 e. The number of halogens is 1. The van der Waals surface area contributed by atoms with Gasteiger partial charge in [-0.3, -0.25) is 0 Å². The van der Waals surface area contributed by atoms with Crippen LogP contribution in [0.4, 0.5) is 10.1 Å². The first-order valence-corrected chi connectivity index (χ1v) is 10.0. The second kappa shape index (κ2) is 8.19. The van der Waals surface area contributed by atoms with Crippen LogP contribution in [0.3, 0.4) is 0 Å². The molecule has 0 atom stereocenters. The van der Waals surface area contributed by atoms with Gasteiger partial charge in [0, 0.05) is 24.1 Å². The summed E-state index contributed by atoms with van der Waals surface area (Å²) in [6, 6.07) is 18.7. The van der Waals surface area contributed by atoms with E-state index < -0.39 is 0 Å². The normalized spacial score (nSPS) is 24.6. The van der Waals surface area contributed by atoms with Crippen LogP contribution in [-0.4, -0.2) is 45.3 Å². The Morgan fingerprint density at radius 1 is 0.885 bits per heavy atom. The zero-order chi connectivity index (χ0) is 17.8. The van der Waals surface area contributed by atoms with E-state index in [1.807, 2.05) is 6.07 Å². The second-order valence-corrected chi connectivity index (χ2v) is 7.81. The molecule has 0 spiro atoms. The zero-order valence-corrected chi connectivity index (χ0v) is 15.5. The van der Waals surface area contributed by atoms with Crippen LogP contribution in [0.2, 0.25) is 0 Å². The van der Waals surface area contributed by atoms with Gasteiger partial charge in [0.1, 0.15) is 12.4 Å². The number of rotatable bonds is 4. The quantitative estimate of drug-likeness (QED) is 0.826. The molecule has 2 aliphatic heterocycles. The summed E-state index contributed by atoms with van der Waals surface area (Å²) in [7, 11) is 0. The summed E-state index contributed by atoms with van der Waals surface area (Å²) in [5.41, 5.74) is 2.49. The number of anilines is 1. The van der Waals surface area contributed by atoms with Gasteiger partial charge in [0.25, 0.3) is 0 Å². The van der Waals surface area contributed by atoms with Crippen LogP contribution in [0, 0.1) is 5.82 Å². The number of nitrogens with zero attached hydrogens (tertiary/aromatic N) is 1. The Balaban J connectivity index is 1.24. The summed E-state index contributed by atoms with van der Waals surface area (Å²) in [4.78, 5) is 5.92. The Morgan fingerprint density at radius 3 is 2.31 bits per heavy atom. The highest BCUT2D eigenvalue weighted by Crippen LogP contribution is 2.13. The van der Waals surface area contributed by atoms with Gasteiger partial charge in [-0.15, -0.1) is 0 Å². The molecule has 4 heteroatoms. The molecule has 3 nitrogen and oxygen atoms in total. The van der Waals surface area contributed by atoms with E-state index in [9.17, 15) is 4.39 Å². The van der Waals surface area contributed by atoms with Gasteiger partial charge in [0.2, 0.25) is 0 Å². The number of para-hydroxylation sites is 1. The van der Waals surface area contributed by atoms with E-state index in [2.05, 4.69) is 41.3 Å². The van der Waals surface area contributed by atoms with Crippen molar-refractivity contribution in [1.29, 1.82) is 0 Å². The molecule has 0 amide bonds. The predicted octanol–water partition coefficient (Wildman–Crippen LogP) is 0.778. The monoisotopic (exact) mass is 355 g/mol. The molecular weight excluding hydrogens is 325 g/mol. The molecule has 2 aromatic carbocycles. The van der Waals surface area contributed by atoms with Crippen molar-refractivity contribution in [1.82, 2.24) is 0 Å². The molecule has 0 aliphatic carbocycles. The predicted molar refractivity (Wildman–Crippen MR) is 103 cm³/mol. The molecule has 0 bridgehead atoms. The number of hydrogen-bond donors (Lipinski definition) is 2. The Bertz CT molecular complexity index is 690. The fraction of sp³-hybridized carbons (Fsp3) is 0.455. The SMILES string of the molecule is Fc1cccc(C[NH+]2CCC([NH+]3CCN(c4ccccc4)CC3)CC2)c1. The van der Waals surface area contributed by atoms with Crippen LogP contribution >= 0.6 is 0 Å². The first-order valence-electron chi connectivity index (χ1n) is 10.0. The molecule has 2 aliphatic rings. The molecule has 2 aromatic rings.